The van der Waals surface area contributed by atoms with Crippen LogP contribution in [0, 0.1) is 5.92 Å². The lowest BCUT2D eigenvalue weighted by Gasteiger charge is -2.13. The van der Waals surface area contributed by atoms with Crippen molar-refractivity contribution in [1.82, 2.24) is 0 Å². The number of aliphatic hydroxyl groups excluding tert-OH is 2. The van der Waals surface area contributed by atoms with Gasteiger partial charge in [0.25, 0.3) is 0 Å². The summed E-state index contributed by atoms with van der Waals surface area (Å²) < 4.78 is 5.01. The first-order valence-electron chi connectivity index (χ1n) is 15.6. The van der Waals surface area contributed by atoms with Gasteiger partial charge in [-0.3, -0.25) is 4.79 Å². The van der Waals surface area contributed by atoms with Gasteiger partial charge in [0.15, 0.2) is 0 Å². The van der Waals surface area contributed by atoms with E-state index in [9.17, 15) is 9.90 Å². The van der Waals surface area contributed by atoms with Crippen LogP contribution in [0.25, 0.3) is 0 Å². The third-order valence-corrected chi connectivity index (χ3v) is 7.27. The molecule has 2 atom stereocenters. The number of carbonyl (C=O) groups excluding carboxylic acids is 1. The van der Waals surface area contributed by atoms with Crippen molar-refractivity contribution in [3.63, 3.8) is 0 Å². The van der Waals surface area contributed by atoms with Gasteiger partial charge in [0, 0.05) is 0 Å². The van der Waals surface area contributed by atoms with E-state index in [1.54, 1.807) is 0 Å². The monoisotopic (exact) mass is 498 g/mol. The number of rotatable bonds is 28. The van der Waals surface area contributed by atoms with Crippen LogP contribution in [0.1, 0.15) is 168 Å². The second-order valence-electron chi connectivity index (χ2n) is 10.9. The van der Waals surface area contributed by atoms with Crippen molar-refractivity contribution >= 4 is 5.97 Å². The number of aliphatic hydroxyl groups is 2. The molecule has 0 amide bonds. The lowest BCUT2D eigenvalue weighted by Crippen LogP contribution is -2.24. The Morgan fingerprint density at radius 1 is 0.600 bits per heavy atom. The van der Waals surface area contributed by atoms with Gasteiger partial charge in [-0.2, -0.15) is 0 Å². The molecule has 0 aliphatic rings. The molecule has 0 saturated carbocycles. The minimum atomic E-state index is -0.967. The molecule has 0 aliphatic carbocycles. The van der Waals surface area contributed by atoms with Gasteiger partial charge in [-0.1, -0.05) is 162 Å². The van der Waals surface area contributed by atoms with Gasteiger partial charge in [0.1, 0.15) is 12.7 Å². The highest BCUT2D eigenvalue weighted by Gasteiger charge is 2.15. The molecule has 0 fully saturated rings. The average molecular weight is 499 g/mol. The third-order valence-electron chi connectivity index (χ3n) is 7.27. The summed E-state index contributed by atoms with van der Waals surface area (Å²) in [5.41, 5.74) is 0. The summed E-state index contributed by atoms with van der Waals surface area (Å²) in [5.74, 6) is -0.396. The maximum atomic E-state index is 11.8. The number of hydrogen-bond acceptors (Lipinski definition) is 4. The normalized spacial score (nSPS) is 13.1. The minimum absolute atomic E-state index is 0.112. The molecular weight excluding hydrogens is 436 g/mol. The van der Waals surface area contributed by atoms with Gasteiger partial charge in [-0.25, -0.2) is 0 Å². The Bertz CT molecular complexity index is 426. The molecule has 0 heterocycles. The predicted octanol–water partition coefficient (Wildman–Crippen LogP) is 8.90. The van der Waals surface area contributed by atoms with Crippen molar-refractivity contribution in [1.29, 1.82) is 0 Å². The van der Waals surface area contributed by atoms with E-state index in [1.807, 2.05) is 6.92 Å². The first-order valence-corrected chi connectivity index (χ1v) is 15.6. The Kier molecular flexibility index (Phi) is 27.5. The van der Waals surface area contributed by atoms with Crippen LogP contribution in [-0.4, -0.2) is 35.5 Å². The highest BCUT2D eigenvalue weighted by atomic mass is 16.5. The smallest absolute Gasteiger partial charge is 0.308 e. The topological polar surface area (TPSA) is 66.8 Å². The molecule has 0 aromatic carbocycles. The minimum Gasteiger partial charge on any atom is -0.463 e. The summed E-state index contributed by atoms with van der Waals surface area (Å²) in [4.78, 5) is 11.8. The van der Waals surface area contributed by atoms with Crippen LogP contribution < -0.4 is 0 Å². The third kappa shape index (κ3) is 26.3. The Labute approximate surface area is 219 Å². The molecule has 0 aromatic rings. The van der Waals surface area contributed by atoms with Gasteiger partial charge >= 0.3 is 5.97 Å². The van der Waals surface area contributed by atoms with Gasteiger partial charge in [0.2, 0.25) is 0 Å². The Morgan fingerprint density at radius 3 is 1.23 bits per heavy atom. The van der Waals surface area contributed by atoms with Crippen LogP contribution >= 0.6 is 0 Å². The molecule has 0 aromatic heterocycles. The number of unbranched alkanes of at least 4 members (excludes halogenated alkanes) is 22. The summed E-state index contributed by atoms with van der Waals surface area (Å²) in [6.07, 6.45) is 31.8. The molecule has 4 heteroatoms. The summed E-state index contributed by atoms with van der Waals surface area (Å²) in [6, 6.07) is 0. The molecule has 2 unspecified atom stereocenters. The van der Waals surface area contributed by atoms with Gasteiger partial charge < -0.3 is 14.9 Å². The fourth-order valence-electron chi connectivity index (χ4n) is 4.73. The zero-order chi connectivity index (χ0) is 25.8. The van der Waals surface area contributed by atoms with Crippen LogP contribution in [0.4, 0.5) is 0 Å². The summed E-state index contributed by atoms with van der Waals surface area (Å²) in [5, 5.41) is 18.0. The number of carbonyl (C=O) groups is 1. The van der Waals surface area contributed by atoms with Crippen molar-refractivity contribution in [2.24, 2.45) is 5.92 Å². The van der Waals surface area contributed by atoms with Crippen LogP contribution in [0.3, 0.4) is 0 Å². The molecule has 0 bridgehead atoms. The lowest BCUT2D eigenvalue weighted by atomic mass is 10.0. The average Bonchev–Trinajstić information content (AvgIpc) is 2.87. The maximum absolute atomic E-state index is 11.8. The van der Waals surface area contributed by atoms with Crippen molar-refractivity contribution in [2.45, 2.75) is 174 Å². The van der Waals surface area contributed by atoms with Crippen LogP contribution in [0.5, 0.6) is 0 Å². The van der Waals surface area contributed by atoms with E-state index in [0.717, 1.165) is 12.8 Å². The van der Waals surface area contributed by atoms with Crippen LogP contribution in [0.2, 0.25) is 0 Å². The zero-order valence-corrected chi connectivity index (χ0v) is 23.8. The van der Waals surface area contributed by atoms with E-state index >= 15 is 0 Å². The van der Waals surface area contributed by atoms with Gasteiger partial charge in [-0.15, -0.1) is 0 Å². The summed E-state index contributed by atoms with van der Waals surface area (Å²) in [7, 11) is 0. The summed E-state index contributed by atoms with van der Waals surface area (Å²) >= 11 is 0. The molecule has 35 heavy (non-hydrogen) atoms. The van der Waals surface area contributed by atoms with Gasteiger partial charge in [-0.05, 0) is 6.42 Å². The Hall–Kier alpha value is -0.610. The van der Waals surface area contributed by atoms with E-state index in [1.165, 1.54) is 141 Å². The zero-order valence-electron chi connectivity index (χ0n) is 23.8. The van der Waals surface area contributed by atoms with Crippen LogP contribution in [-0.2, 0) is 9.53 Å². The first kappa shape index (κ1) is 34.4. The predicted molar refractivity (Wildman–Crippen MR) is 150 cm³/mol. The fourth-order valence-corrected chi connectivity index (χ4v) is 4.73. The molecule has 0 aliphatic heterocycles. The van der Waals surface area contributed by atoms with E-state index in [4.69, 9.17) is 9.84 Å². The highest BCUT2D eigenvalue weighted by Crippen LogP contribution is 2.16. The molecule has 0 spiro atoms. The van der Waals surface area contributed by atoms with E-state index in [0.29, 0.717) is 0 Å². The standard InChI is InChI=1S/C31H62O4/c1-3-4-5-6-7-8-9-10-11-12-13-14-15-16-17-18-19-20-21-22-23-24-25-26-29(2)31(34)35-28-30(33)27-32/h29-30,32-33H,3-28H2,1-2H3. The second-order valence-corrected chi connectivity index (χ2v) is 10.9. The molecular formula is C31H62O4. The van der Waals surface area contributed by atoms with E-state index in [2.05, 4.69) is 6.92 Å². The van der Waals surface area contributed by atoms with Crippen LogP contribution in [0.15, 0.2) is 0 Å². The number of ether oxygens (including phenoxy) is 1. The first-order chi connectivity index (χ1) is 17.1. The van der Waals surface area contributed by atoms with E-state index < -0.39 is 6.10 Å². The molecule has 2 N–H and O–H groups in total. The van der Waals surface area contributed by atoms with E-state index in [-0.39, 0.29) is 25.1 Å². The van der Waals surface area contributed by atoms with Crippen molar-refractivity contribution in [2.75, 3.05) is 13.2 Å². The summed E-state index contributed by atoms with van der Waals surface area (Å²) in [6.45, 7) is 3.68. The Morgan fingerprint density at radius 2 is 0.914 bits per heavy atom. The quantitative estimate of drug-likeness (QED) is 0.0834. The number of hydrogen-bond donors (Lipinski definition) is 2. The van der Waals surface area contributed by atoms with Crippen molar-refractivity contribution < 1.29 is 19.7 Å². The van der Waals surface area contributed by atoms with Gasteiger partial charge in [0.05, 0.1) is 12.5 Å². The number of esters is 1. The Balaban J connectivity index is 3.19. The SMILES string of the molecule is CCCCCCCCCCCCCCCCCCCCCCCCCC(C)C(=O)OCC(O)CO. The molecule has 0 saturated heterocycles. The maximum Gasteiger partial charge on any atom is 0.308 e. The lowest BCUT2D eigenvalue weighted by molar-refractivity contribution is -0.151. The van der Waals surface area contributed by atoms with Crippen molar-refractivity contribution in [3.05, 3.63) is 0 Å². The molecule has 210 valence electrons. The molecule has 4 nitrogen and oxygen atoms in total. The van der Waals surface area contributed by atoms with Crippen molar-refractivity contribution in [3.8, 4) is 0 Å². The second kappa shape index (κ2) is 28.0. The fraction of sp³-hybridized carbons (Fsp3) is 0.968. The molecule has 0 radical (unpaired) electrons. The highest BCUT2D eigenvalue weighted by molar-refractivity contribution is 5.71. The largest absolute Gasteiger partial charge is 0.463 e. The molecule has 0 rings (SSSR count).